The molecule has 2 aliphatic carbocycles. The number of hydrogen-bond donors (Lipinski definition) is 0. The molecule has 2 aromatic carbocycles. The predicted molar refractivity (Wildman–Crippen MR) is 140 cm³/mol. The first-order valence-corrected chi connectivity index (χ1v) is 13.0. The van der Waals surface area contributed by atoms with E-state index in [-0.39, 0.29) is 25.3 Å². The third-order valence-electron chi connectivity index (χ3n) is 7.73. The fourth-order valence-corrected chi connectivity index (χ4v) is 5.69. The Morgan fingerprint density at radius 2 is 1.86 bits per heavy atom. The molecule has 0 bridgehead atoms. The van der Waals surface area contributed by atoms with E-state index in [4.69, 9.17) is 19.2 Å². The minimum Gasteiger partial charge on any atom is -0.454 e. The SMILES string of the molecule is CN(C(=O)COC(=O)c1c2c(nc3ccccc13)C(=Cc1ccc3c(c1)OCO3)CC2)C1CCCCC1. The molecule has 0 N–H and O–H groups in total. The molecule has 2 heterocycles. The Kier molecular flexibility index (Phi) is 6.28. The fourth-order valence-electron chi connectivity index (χ4n) is 5.69. The number of para-hydroxylation sites is 1. The number of carbonyl (C=O) groups excluding carboxylic acids is 2. The molecule has 6 rings (SSSR count). The van der Waals surface area contributed by atoms with Crippen molar-refractivity contribution in [2.75, 3.05) is 20.4 Å². The number of likely N-dealkylation sites (N-methyl/N-ethyl adjacent to an activating group) is 1. The van der Waals surface area contributed by atoms with E-state index in [1.54, 1.807) is 4.90 Å². The van der Waals surface area contributed by atoms with Gasteiger partial charge in [-0.3, -0.25) is 4.79 Å². The molecule has 1 fully saturated rings. The zero-order valence-electron chi connectivity index (χ0n) is 21.0. The summed E-state index contributed by atoms with van der Waals surface area (Å²) < 4.78 is 16.6. The minimum atomic E-state index is -0.468. The molecule has 1 amide bonds. The number of fused-ring (bicyclic) bond motifs is 3. The molecule has 0 unspecified atom stereocenters. The van der Waals surface area contributed by atoms with Crippen LogP contribution in [0.4, 0.5) is 0 Å². The van der Waals surface area contributed by atoms with E-state index in [2.05, 4.69) is 6.08 Å². The van der Waals surface area contributed by atoms with Crippen LogP contribution >= 0.6 is 0 Å². The average Bonchev–Trinajstić information content (AvgIpc) is 3.57. The summed E-state index contributed by atoms with van der Waals surface area (Å²) in [6.07, 6.45) is 9.06. The lowest BCUT2D eigenvalue weighted by atomic mass is 9.94. The van der Waals surface area contributed by atoms with Gasteiger partial charge in [-0.1, -0.05) is 43.5 Å². The van der Waals surface area contributed by atoms with Gasteiger partial charge in [-0.15, -0.1) is 0 Å². The number of hydrogen-bond acceptors (Lipinski definition) is 6. The van der Waals surface area contributed by atoms with E-state index in [9.17, 15) is 9.59 Å². The van der Waals surface area contributed by atoms with Gasteiger partial charge < -0.3 is 19.1 Å². The summed E-state index contributed by atoms with van der Waals surface area (Å²) in [6.45, 7) is -0.0205. The molecule has 190 valence electrons. The van der Waals surface area contributed by atoms with E-state index in [1.165, 1.54) is 6.42 Å². The van der Waals surface area contributed by atoms with Gasteiger partial charge in [0.05, 0.1) is 16.8 Å². The molecule has 0 atom stereocenters. The highest BCUT2D eigenvalue weighted by molar-refractivity contribution is 6.07. The Labute approximate surface area is 216 Å². The topological polar surface area (TPSA) is 78.0 Å². The van der Waals surface area contributed by atoms with Crippen molar-refractivity contribution in [2.45, 2.75) is 51.0 Å². The maximum atomic E-state index is 13.4. The zero-order chi connectivity index (χ0) is 25.4. The smallest absolute Gasteiger partial charge is 0.339 e. The number of esters is 1. The van der Waals surface area contributed by atoms with Crippen molar-refractivity contribution in [3.63, 3.8) is 0 Å². The summed E-state index contributed by atoms with van der Waals surface area (Å²) in [5.74, 6) is 0.848. The molecular weight excluding hydrogens is 468 g/mol. The van der Waals surface area contributed by atoms with E-state index in [0.717, 1.165) is 76.9 Å². The lowest BCUT2D eigenvalue weighted by Crippen LogP contribution is -2.40. The molecule has 0 spiro atoms. The first-order chi connectivity index (χ1) is 18.1. The second kappa shape index (κ2) is 9.88. The first kappa shape index (κ1) is 23.5. The maximum Gasteiger partial charge on any atom is 0.339 e. The van der Waals surface area contributed by atoms with Crippen LogP contribution in [0.2, 0.25) is 0 Å². The Hall–Kier alpha value is -3.87. The largest absolute Gasteiger partial charge is 0.454 e. The quantitative estimate of drug-likeness (QED) is 0.439. The van der Waals surface area contributed by atoms with Crippen LogP contribution < -0.4 is 9.47 Å². The van der Waals surface area contributed by atoms with Gasteiger partial charge in [0.2, 0.25) is 6.79 Å². The molecule has 7 nitrogen and oxygen atoms in total. The molecule has 0 radical (unpaired) electrons. The summed E-state index contributed by atoms with van der Waals surface area (Å²) >= 11 is 0. The third kappa shape index (κ3) is 4.54. The number of rotatable bonds is 5. The Morgan fingerprint density at radius 1 is 1.05 bits per heavy atom. The molecular formula is C30H30N2O5. The standard InChI is InChI=1S/C30H30N2O5/c1-32(21-7-3-2-4-8-21)27(33)17-35-30(34)28-22-9-5-6-10-24(22)31-29-20(12-13-23(28)29)15-19-11-14-25-26(16-19)37-18-36-25/h5-6,9-11,14-16,21H,2-4,7-8,12-13,17-18H2,1H3. The molecule has 1 aliphatic heterocycles. The van der Waals surface area contributed by atoms with Crippen LogP contribution in [0, 0.1) is 0 Å². The normalized spacial score (nSPS) is 17.7. The summed E-state index contributed by atoms with van der Waals surface area (Å²) in [5.41, 5.74) is 4.99. The lowest BCUT2D eigenvalue weighted by Gasteiger charge is -2.31. The summed E-state index contributed by atoms with van der Waals surface area (Å²) in [7, 11) is 1.82. The number of ether oxygens (including phenoxy) is 3. The van der Waals surface area contributed by atoms with Gasteiger partial charge in [-0.05, 0) is 66.7 Å². The molecule has 0 saturated heterocycles. The predicted octanol–water partition coefficient (Wildman–Crippen LogP) is 5.40. The average molecular weight is 499 g/mol. The molecule has 7 heteroatoms. The lowest BCUT2D eigenvalue weighted by molar-refractivity contribution is -0.135. The summed E-state index contributed by atoms with van der Waals surface area (Å²) in [6, 6.07) is 13.7. The number of amides is 1. The van der Waals surface area contributed by atoms with Crippen molar-refractivity contribution in [3.05, 3.63) is 64.8 Å². The van der Waals surface area contributed by atoms with Gasteiger partial charge in [0.1, 0.15) is 0 Å². The van der Waals surface area contributed by atoms with Crippen LogP contribution in [0.3, 0.4) is 0 Å². The van der Waals surface area contributed by atoms with Crippen LogP contribution in [-0.4, -0.2) is 48.2 Å². The number of carbonyl (C=O) groups is 2. The Morgan fingerprint density at radius 3 is 2.73 bits per heavy atom. The number of pyridine rings is 1. The van der Waals surface area contributed by atoms with Crippen LogP contribution in [0.1, 0.15) is 65.7 Å². The number of aromatic nitrogens is 1. The van der Waals surface area contributed by atoms with Crippen molar-refractivity contribution in [1.29, 1.82) is 0 Å². The second-order valence-corrected chi connectivity index (χ2v) is 9.99. The molecule has 1 aromatic heterocycles. The Bertz CT molecular complexity index is 1410. The van der Waals surface area contributed by atoms with Crippen LogP contribution in [0.5, 0.6) is 11.5 Å². The van der Waals surface area contributed by atoms with Crippen molar-refractivity contribution < 1.29 is 23.8 Å². The summed E-state index contributed by atoms with van der Waals surface area (Å²) in [4.78, 5) is 32.9. The Balaban J connectivity index is 1.28. The maximum absolute atomic E-state index is 13.4. The summed E-state index contributed by atoms with van der Waals surface area (Å²) in [5, 5.41) is 0.753. The molecule has 37 heavy (non-hydrogen) atoms. The van der Waals surface area contributed by atoms with Crippen LogP contribution in [0.15, 0.2) is 42.5 Å². The fraction of sp³-hybridized carbons (Fsp3) is 0.367. The first-order valence-electron chi connectivity index (χ1n) is 13.0. The van der Waals surface area contributed by atoms with Crippen molar-refractivity contribution in [2.24, 2.45) is 0 Å². The van der Waals surface area contributed by atoms with Crippen LogP contribution in [-0.2, 0) is 16.0 Å². The van der Waals surface area contributed by atoms with Gasteiger partial charge in [0, 0.05) is 18.5 Å². The van der Waals surface area contributed by atoms with Crippen LogP contribution in [0.25, 0.3) is 22.6 Å². The monoisotopic (exact) mass is 498 g/mol. The molecule has 3 aromatic rings. The van der Waals surface area contributed by atoms with E-state index >= 15 is 0 Å². The minimum absolute atomic E-state index is 0.154. The van der Waals surface area contributed by atoms with E-state index in [0.29, 0.717) is 12.0 Å². The van der Waals surface area contributed by atoms with E-state index in [1.807, 2.05) is 49.5 Å². The number of benzene rings is 2. The van der Waals surface area contributed by atoms with Crippen molar-refractivity contribution >= 4 is 34.4 Å². The van der Waals surface area contributed by atoms with Gasteiger partial charge in [0.25, 0.3) is 5.91 Å². The highest BCUT2D eigenvalue weighted by atomic mass is 16.7. The van der Waals surface area contributed by atoms with E-state index < -0.39 is 5.97 Å². The number of nitrogens with zero attached hydrogens (tertiary/aromatic N) is 2. The number of allylic oxidation sites excluding steroid dienone is 1. The second-order valence-electron chi connectivity index (χ2n) is 9.99. The third-order valence-corrected chi connectivity index (χ3v) is 7.73. The van der Waals surface area contributed by atoms with Gasteiger partial charge >= 0.3 is 5.97 Å². The highest BCUT2D eigenvalue weighted by Crippen LogP contribution is 2.39. The van der Waals surface area contributed by atoms with Gasteiger partial charge in [-0.2, -0.15) is 0 Å². The zero-order valence-corrected chi connectivity index (χ0v) is 21.0. The van der Waals surface area contributed by atoms with Gasteiger partial charge in [-0.25, -0.2) is 9.78 Å². The van der Waals surface area contributed by atoms with Crippen molar-refractivity contribution in [1.82, 2.24) is 9.88 Å². The molecule has 1 saturated carbocycles. The van der Waals surface area contributed by atoms with Gasteiger partial charge in [0.15, 0.2) is 18.1 Å². The highest BCUT2D eigenvalue weighted by Gasteiger charge is 2.29. The molecule has 3 aliphatic rings. The van der Waals surface area contributed by atoms with Crippen molar-refractivity contribution in [3.8, 4) is 11.5 Å².